The zero-order valence-corrected chi connectivity index (χ0v) is 18.1. The van der Waals surface area contributed by atoms with Crippen LogP contribution in [0, 0.1) is 0 Å². The molecule has 0 saturated carbocycles. The summed E-state index contributed by atoms with van der Waals surface area (Å²) >= 11 is 0. The van der Waals surface area contributed by atoms with E-state index in [0.717, 1.165) is 44.2 Å². The number of hydrogen-bond donors (Lipinski definition) is 3. The Morgan fingerprint density at radius 3 is 2.91 bits per heavy atom. The molecule has 33 heavy (non-hydrogen) atoms. The predicted molar refractivity (Wildman–Crippen MR) is 123 cm³/mol. The van der Waals surface area contributed by atoms with Crippen LogP contribution >= 0.6 is 0 Å². The Hall–Kier alpha value is -3.13. The van der Waals surface area contributed by atoms with E-state index in [9.17, 15) is 15.0 Å². The van der Waals surface area contributed by atoms with Crippen LogP contribution in [0.15, 0.2) is 48.6 Å². The van der Waals surface area contributed by atoms with Crippen LogP contribution in [-0.4, -0.2) is 44.7 Å². The molecule has 2 bridgehead atoms. The maximum absolute atomic E-state index is 13.2. The predicted octanol–water partition coefficient (Wildman–Crippen LogP) is 2.81. The van der Waals surface area contributed by atoms with Crippen LogP contribution in [0.3, 0.4) is 0 Å². The number of para-hydroxylation sites is 1. The van der Waals surface area contributed by atoms with E-state index in [4.69, 9.17) is 4.74 Å². The van der Waals surface area contributed by atoms with Crippen LogP contribution in [0.5, 0.6) is 0 Å². The van der Waals surface area contributed by atoms with Gasteiger partial charge in [0.2, 0.25) is 0 Å². The summed E-state index contributed by atoms with van der Waals surface area (Å²) in [4.78, 5) is 15.4. The van der Waals surface area contributed by atoms with Crippen molar-refractivity contribution in [2.75, 3.05) is 11.5 Å². The first-order valence-electron chi connectivity index (χ1n) is 11.5. The van der Waals surface area contributed by atoms with Gasteiger partial charge in [-0.05, 0) is 24.1 Å². The fourth-order valence-electron chi connectivity index (χ4n) is 7.19. The van der Waals surface area contributed by atoms with Gasteiger partial charge in [-0.1, -0.05) is 42.5 Å². The van der Waals surface area contributed by atoms with Crippen LogP contribution in [0.4, 0.5) is 5.69 Å². The van der Waals surface area contributed by atoms with Crippen molar-refractivity contribution < 1.29 is 19.7 Å². The molecule has 0 radical (unpaired) electrons. The second-order valence-electron chi connectivity index (χ2n) is 10.0. The fraction of sp³-hybridized carbons (Fsp3) is 0.346. The van der Waals surface area contributed by atoms with Crippen molar-refractivity contribution >= 4 is 33.4 Å². The van der Waals surface area contributed by atoms with E-state index in [1.54, 1.807) is 0 Å². The van der Waals surface area contributed by atoms with Gasteiger partial charge in [0, 0.05) is 29.7 Å². The molecule has 8 rings (SSSR count). The van der Waals surface area contributed by atoms with Gasteiger partial charge >= 0.3 is 0 Å². The van der Waals surface area contributed by atoms with E-state index < -0.39 is 24.2 Å². The second-order valence-corrected chi connectivity index (χ2v) is 10.0. The number of amides is 1. The van der Waals surface area contributed by atoms with E-state index in [1.165, 1.54) is 0 Å². The Bertz CT molecular complexity index is 1500. The Morgan fingerprint density at radius 2 is 2.06 bits per heavy atom. The highest BCUT2D eigenvalue weighted by atomic mass is 16.6. The molecule has 166 valence electrons. The normalized spacial score (nSPS) is 34.8. The lowest BCUT2D eigenvalue weighted by Gasteiger charge is -2.47. The van der Waals surface area contributed by atoms with Gasteiger partial charge in [-0.3, -0.25) is 4.79 Å². The topological polar surface area (TPSA) is 87.0 Å². The number of fused-ring (bicyclic) bond motifs is 13. The molecule has 5 aliphatic rings. The van der Waals surface area contributed by atoms with Crippen molar-refractivity contribution in [2.24, 2.45) is 0 Å². The molecular weight excluding hydrogens is 418 g/mol. The molecule has 7 nitrogen and oxygen atoms in total. The first kappa shape index (κ1) is 18.3. The third kappa shape index (κ3) is 1.79. The Labute approximate surface area is 189 Å². The summed E-state index contributed by atoms with van der Waals surface area (Å²) in [5, 5.41) is 27.2. The summed E-state index contributed by atoms with van der Waals surface area (Å²) in [7, 11) is 0. The van der Waals surface area contributed by atoms with Gasteiger partial charge in [0.1, 0.15) is 11.8 Å². The molecule has 5 heterocycles. The second kappa shape index (κ2) is 5.50. The number of hydrogen-bond acceptors (Lipinski definition) is 5. The Balaban J connectivity index is 1.64. The average molecular weight is 441 g/mol. The van der Waals surface area contributed by atoms with Crippen LogP contribution in [0.2, 0.25) is 0 Å². The number of ether oxygens (including phenoxy) is 1. The molecule has 5 unspecified atom stereocenters. The minimum atomic E-state index is -1.44. The molecule has 7 heteroatoms. The van der Waals surface area contributed by atoms with Gasteiger partial charge in [-0.15, -0.1) is 0 Å². The summed E-state index contributed by atoms with van der Waals surface area (Å²) in [6.07, 6.45) is 8.20. The Morgan fingerprint density at radius 1 is 1.24 bits per heavy atom. The zero-order chi connectivity index (χ0) is 22.3. The fourth-order valence-corrected chi connectivity index (χ4v) is 7.19. The molecule has 3 aromatic rings. The van der Waals surface area contributed by atoms with Crippen molar-refractivity contribution in [1.82, 2.24) is 9.88 Å². The van der Waals surface area contributed by atoms with Crippen LogP contribution in [-0.2, 0) is 11.3 Å². The van der Waals surface area contributed by atoms with Gasteiger partial charge < -0.3 is 29.7 Å². The van der Waals surface area contributed by atoms with Crippen molar-refractivity contribution in [3.8, 4) is 0 Å². The first-order valence-corrected chi connectivity index (χ1v) is 11.5. The summed E-state index contributed by atoms with van der Waals surface area (Å²) in [6.45, 7) is 2.00. The lowest BCUT2D eigenvalue weighted by atomic mass is 9.85. The molecule has 5 atom stereocenters. The van der Waals surface area contributed by atoms with Crippen LogP contribution < -0.4 is 10.2 Å². The van der Waals surface area contributed by atoms with Gasteiger partial charge in [0.05, 0.1) is 34.9 Å². The van der Waals surface area contributed by atoms with Gasteiger partial charge in [-0.2, -0.15) is 0 Å². The number of carbonyl (C=O) groups excluding carboxylic acids is 1. The number of nitrogens with one attached hydrogen (secondary N) is 1. The van der Waals surface area contributed by atoms with E-state index >= 15 is 0 Å². The summed E-state index contributed by atoms with van der Waals surface area (Å²) in [5.74, 6) is -0.00253. The number of aliphatic hydroxyl groups excluding tert-OH is 1. The molecule has 4 aliphatic heterocycles. The summed E-state index contributed by atoms with van der Waals surface area (Å²) in [5.41, 5.74) is 3.34. The highest BCUT2D eigenvalue weighted by molar-refractivity contribution is 6.24. The van der Waals surface area contributed by atoms with Gasteiger partial charge in [-0.25, -0.2) is 0 Å². The SMILES string of the molecule is CC12OC(CC1(O)CO)n1c3ccccc3c3c4c(c5c(c31)N2C1C=CC=CC51)CNC4=O. The molecule has 0 spiro atoms. The zero-order valence-electron chi connectivity index (χ0n) is 18.1. The molecule has 3 N–H and O–H groups in total. The molecule has 1 aliphatic carbocycles. The lowest BCUT2D eigenvalue weighted by Crippen LogP contribution is -2.64. The van der Waals surface area contributed by atoms with E-state index in [0.29, 0.717) is 6.54 Å². The molecule has 2 aromatic carbocycles. The number of benzene rings is 2. The minimum absolute atomic E-state index is 0.0304. The minimum Gasteiger partial charge on any atom is -0.393 e. The molecular formula is C26H23N3O4. The third-order valence-electron chi connectivity index (χ3n) is 8.65. The highest BCUT2D eigenvalue weighted by Gasteiger charge is 2.65. The lowest BCUT2D eigenvalue weighted by molar-refractivity contribution is -0.146. The Kier molecular flexibility index (Phi) is 3.05. The molecule has 1 amide bonds. The standard InChI is InChI=1S/C26H23N3O4/c1-25-26(32,12-30)10-18(33-25)28-16-8-4-2-6-13(16)20-21-15(11-27-24(21)31)19-14-7-3-5-9-17(14)29(25)23(19)22(20)28/h2-9,14,17-18,30,32H,10-12H2,1H3,(H,27,31). The average Bonchev–Trinajstić information content (AvgIpc) is 3.51. The van der Waals surface area contributed by atoms with Gasteiger partial charge in [0.15, 0.2) is 5.72 Å². The maximum Gasteiger partial charge on any atom is 0.252 e. The van der Waals surface area contributed by atoms with Gasteiger partial charge in [0.25, 0.3) is 5.91 Å². The third-order valence-corrected chi connectivity index (χ3v) is 8.65. The number of anilines is 1. The highest BCUT2D eigenvalue weighted by Crippen LogP contribution is 2.62. The van der Waals surface area contributed by atoms with Crippen molar-refractivity contribution in [3.63, 3.8) is 0 Å². The molecule has 1 aromatic heterocycles. The van der Waals surface area contributed by atoms with Crippen molar-refractivity contribution in [1.29, 1.82) is 0 Å². The van der Waals surface area contributed by atoms with Crippen LogP contribution in [0.1, 0.15) is 47.0 Å². The number of rotatable bonds is 1. The summed E-state index contributed by atoms with van der Waals surface area (Å²) < 4.78 is 8.88. The number of allylic oxidation sites excluding steroid dienone is 2. The van der Waals surface area contributed by atoms with E-state index in [1.807, 2.05) is 25.1 Å². The van der Waals surface area contributed by atoms with E-state index in [2.05, 4.69) is 45.1 Å². The van der Waals surface area contributed by atoms with Crippen molar-refractivity contribution in [2.45, 2.75) is 49.4 Å². The largest absolute Gasteiger partial charge is 0.393 e. The molecule has 1 saturated heterocycles. The monoisotopic (exact) mass is 441 g/mol. The van der Waals surface area contributed by atoms with Crippen LogP contribution in [0.25, 0.3) is 21.8 Å². The van der Waals surface area contributed by atoms with E-state index in [-0.39, 0.29) is 24.3 Å². The smallest absolute Gasteiger partial charge is 0.252 e. The first-order chi connectivity index (χ1) is 16.0. The number of aliphatic hydroxyl groups is 2. The number of nitrogens with zero attached hydrogens (tertiary/aromatic N) is 2. The molecule has 1 fully saturated rings. The number of aromatic nitrogens is 1. The maximum atomic E-state index is 13.2. The van der Waals surface area contributed by atoms with Crippen molar-refractivity contribution in [3.05, 3.63) is 65.3 Å². The summed E-state index contributed by atoms with van der Waals surface area (Å²) in [6, 6.07) is 8.02. The quantitative estimate of drug-likeness (QED) is 0.541. The number of carbonyl (C=O) groups is 1.